The number of ether oxygens (including phenoxy) is 2. The second kappa shape index (κ2) is 6.39. The molecule has 0 aliphatic rings. The van der Waals surface area contributed by atoms with Crippen LogP contribution in [0.5, 0.6) is 11.5 Å². The SMILES string of the molecule is COc1cc(NC(=O)Cc2cn3ccccc3n2)cc(OC)c1. The zero-order chi connectivity index (χ0) is 16.2. The lowest BCUT2D eigenvalue weighted by Crippen LogP contribution is -2.14. The summed E-state index contributed by atoms with van der Waals surface area (Å²) in [5.41, 5.74) is 2.15. The molecule has 0 fully saturated rings. The number of rotatable bonds is 5. The van der Waals surface area contributed by atoms with Crippen molar-refractivity contribution in [1.82, 2.24) is 9.38 Å². The molecular formula is C17H17N3O3. The number of hydrogen-bond acceptors (Lipinski definition) is 4. The molecule has 0 bridgehead atoms. The zero-order valence-corrected chi connectivity index (χ0v) is 12.9. The number of hydrogen-bond donors (Lipinski definition) is 1. The van der Waals surface area contributed by atoms with Crippen molar-refractivity contribution in [2.75, 3.05) is 19.5 Å². The smallest absolute Gasteiger partial charge is 0.230 e. The van der Waals surface area contributed by atoms with Gasteiger partial charge in [-0.15, -0.1) is 0 Å². The Morgan fingerprint density at radius 3 is 2.57 bits per heavy atom. The van der Waals surface area contributed by atoms with E-state index in [1.807, 2.05) is 35.0 Å². The van der Waals surface area contributed by atoms with Crippen LogP contribution >= 0.6 is 0 Å². The third kappa shape index (κ3) is 3.42. The molecule has 6 nitrogen and oxygen atoms in total. The Morgan fingerprint density at radius 2 is 1.91 bits per heavy atom. The highest BCUT2D eigenvalue weighted by atomic mass is 16.5. The van der Waals surface area contributed by atoms with E-state index in [0.29, 0.717) is 22.9 Å². The minimum atomic E-state index is -0.149. The van der Waals surface area contributed by atoms with Crippen LogP contribution < -0.4 is 14.8 Å². The Hall–Kier alpha value is -3.02. The van der Waals surface area contributed by atoms with Crippen LogP contribution in [0.25, 0.3) is 5.65 Å². The lowest BCUT2D eigenvalue weighted by Gasteiger charge is -2.09. The van der Waals surface area contributed by atoms with Crippen LogP contribution in [-0.2, 0) is 11.2 Å². The molecule has 1 amide bonds. The van der Waals surface area contributed by atoms with Gasteiger partial charge < -0.3 is 19.2 Å². The number of methoxy groups -OCH3 is 2. The Labute approximate surface area is 133 Å². The van der Waals surface area contributed by atoms with Gasteiger partial charge in [-0.05, 0) is 12.1 Å². The average molecular weight is 311 g/mol. The predicted octanol–water partition coefficient (Wildman–Crippen LogP) is 2.53. The molecule has 1 N–H and O–H groups in total. The van der Waals surface area contributed by atoms with E-state index in [0.717, 1.165) is 5.65 Å². The van der Waals surface area contributed by atoms with Gasteiger partial charge in [0.25, 0.3) is 0 Å². The normalized spacial score (nSPS) is 10.5. The van der Waals surface area contributed by atoms with Crippen molar-refractivity contribution in [1.29, 1.82) is 0 Å². The lowest BCUT2D eigenvalue weighted by molar-refractivity contribution is -0.115. The number of nitrogens with zero attached hydrogens (tertiary/aromatic N) is 2. The zero-order valence-electron chi connectivity index (χ0n) is 12.9. The van der Waals surface area contributed by atoms with Crippen molar-refractivity contribution >= 4 is 17.2 Å². The molecule has 6 heteroatoms. The fraction of sp³-hybridized carbons (Fsp3) is 0.176. The third-order valence-corrected chi connectivity index (χ3v) is 3.39. The lowest BCUT2D eigenvalue weighted by atomic mass is 10.2. The topological polar surface area (TPSA) is 64.9 Å². The summed E-state index contributed by atoms with van der Waals surface area (Å²) in [6.45, 7) is 0. The quantitative estimate of drug-likeness (QED) is 0.786. The molecule has 0 spiro atoms. The van der Waals surface area contributed by atoms with E-state index in [9.17, 15) is 4.79 Å². The van der Waals surface area contributed by atoms with Gasteiger partial charge in [-0.25, -0.2) is 4.98 Å². The highest BCUT2D eigenvalue weighted by molar-refractivity contribution is 5.92. The molecule has 0 saturated heterocycles. The molecule has 0 radical (unpaired) electrons. The molecule has 2 aromatic heterocycles. The van der Waals surface area contributed by atoms with Gasteiger partial charge in [-0.3, -0.25) is 4.79 Å². The fourth-order valence-electron chi connectivity index (χ4n) is 2.32. The Kier molecular flexibility index (Phi) is 4.14. The van der Waals surface area contributed by atoms with E-state index in [-0.39, 0.29) is 12.3 Å². The number of fused-ring (bicyclic) bond motifs is 1. The molecule has 0 saturated carbocycles. The monoisotopic (exact) mass is 311 g/mol. The first kappa shape index (κ1) is 14.9. The first-order valence-electron chi connectivity index (χ1n) is 7.13. The van der Waals surface area contributed by atoms with Crippen LogP contribution in [0.2, 0.25) is 0 Å². The first-order chi connectivity index (χ1) is 11.2. The summed E-state index contributed by atoms with van der Waals surface area (Å²) in [6, 6.07) is 11.0. The average Bonchev–Trinajstić information content (AvgIpc) is 2.96. The van der Waals surface area contributed by atoms with E-state index in [4.69, 9.17) is 9.47 Å². The van der Waals surface area contributed by atoms with Gasteiger partial charge in [0.15, 0.2) is 0 Å². The van der Waals surface area contributed by atoms with E-state index in [1.165, 1.54) is 0 Å². The molecule has 0 unspecified atom stereocenters. The van der Waals surface area contributed by atoms with Crippen molar-refractivity contribution in [3.63, 3.8) is 0 Å². The number of benzene rings is 1. The molecule has 0 aliphatic carbocycles. The number of amides is 1. The standard InChI is InChI=1S/C17H17N3O3/c1-22-14-7-12(8-15(10-14)23-2)19-17(21)9-13-11-20-6-4-3-5-16(20)18-13/h3-8,10-11H,9H2,1-2H3,(H,19,21). The summed E-state index contributed by atoms with van der Waals surface area (Å²) in [5.74, 6) is 1.09. The molecule has 2 heterocycles. The van der Waals surface area contributed by atoms with Crippen molar-refractivity contribution in [2.24, 2.45) is 0 Å². The number of carbonyl (C=O) groups is 1. The number of anilines is 1. The van der Waals surface area contributed by atoms with Gasteiger partial charge in [0.1, 0.15) is 17.1 Å². The summed E-state index contributed by atoms with van der Waals surface area (Å²) in [6.07, 6.45) is 3.94. The summed E-state index contributed by atoms with van der Waals surface area (Å²) in [4.78, 5) is 16.6. The second-order valence-corrected chi connectivity index (χ2v) is 5.02. The molecular weight excluding hydrogens is 294 g/mol. The van der Waals surface area contributed by atoms with Crippen molar-refractivity contribution in [3.8, 4) is 11.5 Å². The number of pyridine rings is 1. The summed E-state index contributed by atoms with van der Waals surface area (Å²) in [5, 5.41) is 2.84. The maximum absolute atomic E-state index is 12.2. The van der Waals surface area contributed by atoms with Gasteiger partial charge in [0.05, 0.1) is 26.3 Å². The molecule has 0 atom stereocenters. The van der Waals surface area contributed by atoms with E-state index >= 15 is 0 Å². The van der Waals surface area contributed by atoms with Gasteiger partial charge in [0, 0.05) is 36.3 Å². The van der Waals surface area contributed by atoms with Crippen LogP contribution in [0, 0.1) is 0 Å². The molecule has 3 aromatic rings. The molecule has 118 valence electrons. The first-order valence-corrected chi connectivity index (χ1v) is 7.13. The third-order valence-electron chi connectivity index (χ3n) is 3.39. The van der Waals surface area contributed by atoms with Crippen LogP contribution in [0.3, 0.4) is 0 Å². The van der Waals surface area contributed by atoms with Crippen LogP contribution in [0.4, 0.5) is 5.69 Å². The highest BCUT2D eigenvalue weighted by Gasteiger charge is 2.09. The fourth-order valence-corrected chi connectivity index (χ4v) is 2.32. The largest absolute Gasteiger partial charge is 0.497 e. The van der Waals surface area contributed by atoms with Crippen molar-refractivity contribution in [2.45, 2.75) is 6.42 Å². The van der Waals surface area contributed by atoms with Gasteiger partial charge in [0.2, 0.25) is 5.91 Å². The highest BCUT2D eigenvalue weighted by Crippen LogP contribution is 2.25. The Balaban J connectivity index is 1.74. The second-order valence-electron chi connectivity index (χ2n) is 5.02. The molecule has 1 aromatic carbocycles. The molecule has 0 aliphatic heterocycles. The Bertz CT molecular complexity index is 787. The number of aromatic nitrogens is 2. The van der Waals surface area contributed by atoms with Crippen LogP contribution in [0.1, 0.15) is 5.69 Å². The minimum Gasteiger partial charge on any atom is -0.497 e. The number of carbonyl (C=O) groups excluding carboxylic acids is 1. The summed E-state index contributed by atoms with van der Waals surface area (Å²) in [7, 11) is 3.13. The van der Waals surface area contributed by atoms with Crippen molar-refractivity contribution < 1.29 is 14.3 Å². The number of nitrogens with one attached hydrogen (secondary N) is 1. The van der Waals surface area contributed by atoms with Gasteiger partial charge in [-0.1, -0.05) is 6.07 Å². The Morgan fingerprint density at radius 1 is 1.17 bits per heavy atom. The molecule has 23 heavy (non-hydrogen) atoms. The molecule has 3 rings (SSSR count). The van der Waals surface area contributed by atoms with E-state index in [1.54, 1.807) is 32.4 Å². The van der Waals surface area contributed by atoms with Crippen molar-refractivity contribution in [3.05, 3.63) is 54.5 Å². The van der Waals surface area contributed by atoms with E-state index in [2.05, 4.69) is 10.3 Å². The number of imidazole rings is 1. The van der Waals surface area contributed by atoms with Crippen LogP contribution in [0.15, 0.2) is 48.8 Å². The maximum atomic E-state index is 12.2. The van der Waals surface area contributed by atoms with Gasteiger partial charge in [-0.2, -0.15) is 0 Å². The summed E-state index contributed by atoms with van der Waals surface area (Å²) >= 11 is 0. The van der Waals surface area contributed by atoms with E-state index < -0.39 is 0 Å². The minimum absolute atomic E-state index is 0.149. The predicted molar refractivity (Wildman–Crippen MR) is 87.1 cm³/mol. The van der Waals surface area contributed by atoms with Crippen LogP contribution in [-0.4, -0.2) is 29.5 Å². The van der Waals surface area contributed by atoms with Gasteiger partial charge >= 0.3 is 0 Å². The maximum Gasteiger partial charge on any atom is 0.230 e. The summed E-state index contributed by atoms with van der Waals surface area (Å²) < 4.78 is 12.3.